The molecule has 3 heteroatoms. The van der Waals surface area contributed by atoms with E-state index in [9.17, 15) is 5.26 Å². The molecule has 0 aromatic heterocycles. The Morgan fingerprint density at radius 2 is 1.75 bits per heavy atom. The second-order valence-electron chi connectivity index (χ2n) is 6.07. The fourth-order valence-corrected chi connectivity index (χ4v) is 2.80. The average molecular weight is 271 g/mol. The van der Waals surface area contributed by atoms with Crippen molar-refractivity contribution in [1.82, 2.24) is 9.80 Å². The van der Waals surface area contributed by atoms with Crippen molar-refractivity contribution in [2.24, 2.45) is 5.92 Å². The van der Waals surface area contributed by atoms with Crippen LogP contribution in [-0.2, 0) is 6.54 Å². The van der Waals surface area contributed by atoms with E-state index in [1.807, 2.05) is 0 Å². The number of nitriles is 1. The molecular weight excluding hydrogens is 246 g/mol. The van der Waals surface area contributed by atoms with E-state index in [1.54, 1.807) is 0 Å². The monoisotopic (exact) mass is 271 g/mol. The van der Waals surface area contributed by atoms with Gasteiger partial charge in [0.2, 0.25) is 0 Å². The lowest BCUT2D eigenvalue weighted by molar-refractivity contribution is 0.102. The van der Waals surface area contributed by atoms with Crippen molar-refractivity contribution >= 4 is 0 Å². The minimum atomic E-state index is 0.0916. The molecule has 1 atom stereocenters. The van der Waals surface area contributed by atoms with E-state index in [0.717, 1.165) is 39.1 Å². The van der Waals surface area contributed by atoms with Crippen molar-refractivity contribution < 1.29 is 0 Å². The molecule has 1 aromatic carbocycles. The standard InChI is InChI=1S/C17H25N3/c1-15(2)12-17(13-18)20-10-8-19(9-11-20)14-16-6-4-3-5-7-16/h3-7,15,17H,8-12,14H2,1-2H3. The van der Waals surface area contributed by atoms with Gasteiger partial charge in [-0.2, -0.15) is 5.26 Å². The number of rotatable bonds is 5. The lowest BCUT2D eigenvalue weighted by atomic mass is 10.0. The van der Waals surface area contributed by atoms with Crippen molar-refractivity contribution in [3.05, 3.63) is 35.9 Å². The topological polar surface area (TPSA) is 30.3 Å². The van der Waals surface area contributed by atoms with Crippen molar-refractivity contribution in [2.45, 2.75) is 32.9 Å². The van der Waals surface area contributed by atoms with E-state index in [0.29, 0.717) is 5.92 Å². The minimum absolute atomic E-state index is 0.0916. The molecule has 1 fully saturated rings. The average Bonchev–Trinajstić information content (AvgIpc) is 2.46. The van der Waals surface area contributed by atoms with E-state index in [2.05, 4.69) is 60.0 Å². The van der Waals surface area contributed by atoms with Crippen molar-refractivity contribution in [1.29, 1.82) is 5.26 Å². The van der Waals surface area contributed by atoms with Crippen LogP contribution < -0.4 is 0 Å². The number of hydrogen-bond donors (Lipinski definition) is 0. The first kappa shape index (κ1) is 15.0. The third-order valence-corrected chi connectivity index (χ3v) is 3.94. The van der Waals surface area contributed by atoms with Crippen LogP contribution in [0.3, 0.4) is 0 Å². The van der Waals surface area contributed by atoms with Crippen LogP contribution in [0.2, 0.25) is 0 Å². The molecule has 1 unspecified atom stereocenters. The molecule has 1 aliphatic rings. The summed E-state index contributed by atoms with van der Waals surface area (Å²) in [5.74, 6) is 0.585. The van der Waals surface area contributed by atoms with Gasteiger partial charge in [-0.25, -0.2) is 0 Å². The van der Waals surface area contributed by atoms with Crippen LogP contribution in [0.1, 0.15) is 25.8 Å². The molecule has 1 aromatic rings. The Labute approximate surface area is 122 Å². The molecule has 0 spiro atoms. The predicted octanol–water partition coefficient (Wildman–Crippen LogP) is 2.74. The Bertz CT molecular complexity index is 427. The van der Waals surface area contributed by atoms with Gasteiger partial charge in [-0.3, -0.25) is 9.80 Å². The number of nitrogens with zero attached hydrogens (tertiary/aromatic N) is 3. The first-order chi connectivity index (χ1) is 9.69. The van der Waals surface area contributed by atoms with Crippen LogP contribution >= 0.6 is 0 Å². The van der Waals surface area contributed by atoms with Gasteiger partial charge in [0, 0.05) is 32.7 Å². The Kier molecular flexibility index (Phi) is 5.58. The molecule has 0 saturated carbocycles. The lowest BCUT2D eigenvalue weighted by Crippen LogP contribution is -2.49. The molecule has 0 N–H and O–H groups in total. The van der Waals surface area contributed by atoms with E-state index in [-0.39, 0.29) is 6.04 Å². The van der Waals surface area contributed by atoms with Gasteiger partial charge in [-0.1, -0.05) is 44.2 Å². The SMILES string of the molecule is CC(C)CC(C#N)N1CCN(Cc2ccccc2)CC1. The van der Waals surface area contributed by atoms with Gasteiger partial charge >= 0.3 is 0 Å². The molecule has 20 heavy (non-hydrogen) atoms. The number of hydrogen-bond acceptors (Lipinski definition) is 3. The molecule has 3 nitrogen and oxygen atoms in total. The third kappa shape index (κ3) is 4.33. The maximum absolute atomic E-state index is 9.32. The van der Waals surface area contributed by atoms with Gasteiger partial charge in [0.1, 0.15) is 0 Å². The zero-order valence-corrected chi connectivity index (χ0v) is 12.6. The third-order valence-electron chi connectivity index (χ3n) is 3.94. The molecule has 1 saturated heterocycles. The summed E-state index contributed by atoms with van der Waals surface area (Å²) in [7, 11) is 0. The maximum Gasteiger partial charge on any atom is 0.0981 e. The van der Waals surface area contributed by atoms with E-state index in [4.69, 9.17) is 0 Å². The predicted molar refractivity (Wildman–Crippen MR) is 82.1 cm³/mol. The minimum Gasteiger partial charge on any atom is -0.297 e. The molecule has 1 heterocycles. The van der Waals surface area contributed by atoms with Crippen molar-refractivity contribution in [3.63, 3.8) is 0 Å². The largest absolute Gasteiger partial charge is 0.297 e. The van der Waals surface area contributed by atoms with Crippen LogP contribution in [0.25, 0.3) is 0 Å². The van der Waals surface area contributed by atoms with Gasteiger partial charge in [-0.05, 0) is 17.9 Å². The summed E-state index contributed by atoms with van der Waals surface area (Å²) in [5.41, 5.74) is 1.37. The Morgan fingerprint density at radius 1 is 1.10 bits per heavy atom. The summed E-state index contributed by atoms with van der Waals surface area (Å²) in [6.45, 7) is 9.55. The quantitative estimate of drug-likeness (QED) is 0.825. The van der Waals surface area contributed by atoms with Crippen LogP contribution in [0.4, 0.5) is 0 Å². The van der Waals surface area contributed by atoms with Crippen molar-refractivity contribution in [2.75, 3.05) is 26.2 Å². The summed E-state index contributed by atoms with van der Waals surface area (Å²) in [6.07, 6.45) is 0.981. The summed E-state index contributed by atoms with van der Waals surface area (Å²) in [6, 6.07) is 13.2. The molecule has 0 radical (unpaired) electrons. The molecule has 108 valence electrons. The van der Waals surface area contributed by atoms with Gasteiger partial charge in [0.05, 0.1) is 12.1 Å². The second kappa shape index (κ2) is 7.42. The Morgan fingerprint density at radius 3 is 2.30 bits per heavy atom. The van der Waals surface area contributed by atoms with E-state index >= 15 is 0 Å². The normalized spacial score (nSPS) is 18.9. The molecular formula is C17H25N3. The fraction of sp³-hybridized carbons (Fsp3) is 0.588. The fourth-order valence-electron chi connectivity index (χ4n) is 2.80. The zero-order valence-electron chi connectivity index (χ0n) is 12.6. The first-order valence-corrected chi connectivity index (χ1v) is 7.59. The van der Waals surface area contributed by atoms with Crippen molar-refractivity contribution in [3.8, 4) is 6.07 Å². The Balaban J connectivity index is 1.81. The lowest BCUT2D eigenvalue weighted by Gasteiger charge is -2.37. The van der Waals surface area contributed by atoms with Crippen LogP contribution in [0.5, 0.6) is 0 Å². The molecule has 0 bridgehead atoms. The van der Waals surface area contributed by atoms with Gasteiger partial charge in [0.15, 0.2) is 0 Å². The highest BCUT2D eigenvalue weighted by Crippen LogP contribution is 2.15. The molecule has 1 aliphatic heterocycles. The van der Waals surface area contributed by atoms with Crippen LogP contribution in [0.15, 0.2) is 30.3 Å². The van der Waals surface area contributed by atoms with Crippen LogP contribution in [-0.4, -0.2) is 42.0 Å². The highest BCUT2D eigenvalue weighted by Gasteiger charge is 2.24. The number of piperazine rings is 1. The number of benzene rings is 1. The smallest absolute Gasteiger partial charge is 0.0981 e. The van der Waals surface area contributed by atoms with Gasteiger partial charge < -0.3 is 0 Å². The van der Waals surface area contributed by atoms with E-state index < -0.39 is 0 Å². The molecule has 0 aliphatic carbocycles. The first-order valence-electron chi connectivity index (χ1n) is 7.59. The second-order valence-corrected chi connectivity index (χ2v) is 6.07. The Hall–Kier alpha value is -1.37. The molecule has 2 rings (SSSR count). The van der Waals surface area contributed by atoms with Gasteiger partial charge in [-0.15, -0.1) is 0 Å². The molecule has 0 amide bonds. The summed E-state index contributed by atoms with van der Waals surface area (Å²) in [5, 5.41) is 9.32. The van der Waals surface area contributed by atoms with Crippen LogP contribution in [0, 0.1) is 17.2 Å². The summed E-state index contributed by atoms with van der Waals surface area (Å²) >= 11 is 0. The van der Waals surface area contributed by atoms with E-state index in [1.165, 1.54) is 5.56 Å². The zero-order chi connectivity index (χ0) is 14.4. The maximum atomic E-state index is 9.32. The summed E-state index contributed by atoms with van der Waals surface area (Å²) in [4.78, 5) is 4.83. The summed E-state index contributed by atoms with van der Waals surface area (Å²) < 4.78 is 0. The highest BCUT2D eigenvalue weighted by molar-refractivity contribution is 5.14. The highest BCUT2D eigenvalue weighted by atomic mass is 15.3. The van der Waals surface area contributed by atoms with Gasteiger partial charge in [0.25, 0.3) is 0 Å².